The molecule has 3 N–H and O–H groups in total. The number of pyridine rings is 1. The number of rotatable bonds is 7. The van der Waals surface area contributed by atoms with Gasteiger partial charge in [0.15, 0.2) is 0 Å². The molecule has 116 valence electrons. The van der Waals surface area contributed by atoms with Gasteiger partial charge >= 0.3 is 0 Å². The molecule has 0 aliphatic heterocycles. The lowest BCUT2D eigenvalue weighted by Crippen LogP contribution is -2.29. The van der Waals surface area contributed by atoms with Crippen molar-refractivity contribution in [3.8, 4) is 0 Å². The second-order valence-electron chi connectivity index (χ2n) is 4.81. The molecule has 0 fully saturated rings. The molecule has 2 rings (SSSR count). The van der Waals surface area contributed by atoms with E-state index in [0.717, 1.165) is 6.42 Å². The van der Waals surface area contributed by atoms with Gasteiger partial charge < -0.3 is 10.1 Å². The topological polar surface area (TPSA) is 95.1 Å². The summed E-state index contributed by atoms with van der Waals surface area (Å²) < 4.78 is 27.4. The molecular weight excluding hydrogens is 314 g/mol. The number of nitrogens with zero attached hydrogens (tertiary/aromatic N) is 1. The van der Waals surface area contributed by atoms with E-state index >= 15 is 0 Å². The molecule has 2 aromatic heterocycles. The number of aromatic nitrogens is 2. The first-order chi connectivity index (χ1) is 9.99. The fourth-order valence-corrected chi connectivity index (χ4v) is 3.74. The number of aliphatic hydroxyl groups excluding tert-OH is 1. The van der Waals surface area contributed by atoms with Crippen LogP contribution in [0.25, 0.3) is 11.0 Å². The summed E-state index contributed by atoms with van der Waals surface area (Å²) in [7, 11) is -3.68. The first kappa shape index (κ1) is 16.2. The Morgan fingerprint density at radius 2 is 2.29 bits per heavy atom. The molecule has 8 heteroatoms. The second kappa shape index (κ2) is 6.74. The molecule has 0 aromatic carbocycles. The minimum absolute atomic E-state index is 0.0447. The third-order valence-corrected chi connectivity index (χ3v) is 5.22. The maximum absolute atomic E-state index is 12.4. The molecule has 0 amide bonds. The fourth-order valence-electron chi connectivity index (χ4n) is 2.14. The molecule has 21 heavy (non-hydrogen) atoms. The van der Waals surface area contributed by atoms with Crippen LogP contribution in [-0.2, 0) is 10.0 Å². The molecule has 0 aliphatic rings. The van der Waals surface area contributed by atoms with Gasteiger partial charge in [-0.05, 0) is 18.4 Å². The highest BCUT2D eigenvalue weighted by Crippen LogP contribution is 2.28. The van der Waals surface area contributed by atoms with E-state index in [2.05, 4.69) is 14.7 Å². The van der Waals surface area contributed by atoms with E-state index in [0.29, 0.717) is 22.5 Å². The van der Waals surface area contributed by atoms with E-state index in [9.17, 15) is 8.42 Å². The minimum atomic E-state index is -3.68. The maximum Gasteiger partial charge on any atom is 0.242 e. The largest absolute Gasteiger partial charge is 0.396 e. The molecule has 2 heterocycles. The van der Waals surface area contributed by atoms with Crippen LogP contribution >= 0.6 is 11.6 Å². The van der Waals surface area contributed by atoms with Crippen molar-refractivity contribution in [3.05, 3.63) is 23.5 Å². The predicted octanol–water partition coefficient (Wildman–Crippen LogP) is 1.90. The lowest BCUT2D eigenvalue weighted by atomic mass is 10.0. The van der Waals surface area contributed by atoms with Crippen molar-refractivity contribution >= 4 is 32.7 Å². The first-order valence-electron chi connectivity index (χ1n) is 6.71. The minimum Gasteiger partial charge on any atom is -0.396 e. The summed E-state index contributed by atoms with van der Waals surface area (Å²) in [6.45, 7) is 2.29. The van der Waals surface area contributed by atoms with Crippen molar-refractivity contribution in [1.82, 2.24) is 14.7 Å². The summed E-state index contributed by atoms with van der Waals surface area (Å²) in [6.07, 6.45) is 4.26. The van der Waals surface area contributed by atoms with Gasteiger partial charge in [-0.3, -0.25) is 0 Å². The third-order valence-electron chi connectivity index (χ3n) is 3.45. The smallest absolute Gasteiger partial charge is 0.242 e. The molecule has 0 saturated carbocycles. The standard InChI is InChI=1S/C13H18ClN3O3S/c1-2-9(4-6-18)7-17-21(19,20)11-8-16-13-12(11)10(14)3-5-15-13/h3,5,8-9,17-18H,2,4,6-7H2,1H3,(H,15,16). The lowest BCUT2D eigenvalue weighted by molar-refractivity contribution is 0.254. The number of hydrogen-bond donors (Lipinski definition) is 3. The number of aromatic amines is 1. The van der Waals surface area contributed by atoms with Crippen LogP contribution in [0.4, 0.5) is 0 Å². The summed E-state index contributed by atoms with van der Waals surface area (Å²) in [5, 5.41) is 9.68. The van der Waals surface area contributed by atoms with Gasteiger partial charge in [-0.25, -0.2) is 18.1 Å². The number of nitrogens with one attached hydrogen (secondary N) is 2. The molecule has 6 nitrogen and oxygen atoms in total. The Bertz CT molecular complexity index is 715. The quantitative estimate of drug-likeness (QED) is 0.722. The highest BCUT2D eigenvalue weighted by molar-refractivity contribution is 7.89. The Labute approximate surface area is 128 Å². The van der Waals surface area contributed by atoms with Crippen LogP contribution < -0.4 is 4.72 Å². The zero-order chi connectivity index (χ0) is 15.5. The molecule has 2 aromatic rings. The van der Waals surface area contributed by atoms with Gasteiger partial charge in [-0.2, -0.15) is 0 Å². The first-order valence-corrected chi connectivity index (χ1v) is 8.57. The Kier molecular flexibility index (Phi) is 5.21. The van der Waals surface area contributed by atoms with E-state index in [1.807, 2.05) is 6.92 Å². The van der Waals surface area contributed by atoms with Crippen molar-refractivity contribution in [2.24, 2.45) is 5.92 Å². The Morgan fingerprint density at radius 1 is 1.52 bits per heavy atom. The normalized spacial score (nSPS) is 13.7. The Hall–Kier alpha value is -1.15. The van der Waals surface area contributed by atoms with Gasteiger partial charge in [-0.1, -0.05) is 24.9 Å². The highest BCUT2D eigenvalue weighted by Gasteiger charge is 2.22. The number of hydrogen-bond acceptors (Lipinski definition) is 4. The van der Waals surface area contributed by atoms with E-state index in [4.69, 9.17) is 16.7 Å². The van der Waals surface area contributed by atoms with Crippen molar-refractivity contribution in [1.29, 1.82) is 0 Å². The molecular formula is C13H18ClN3O3S. The average molecular weight is 332 g/mol. The van der Waals surface area contributed by atoms with Crippen LogP contribution in [-0.4, -0.2) is 36.6 Å². The summed E-state index contributed by atoms with van der Waals surface area (Å²) in [5.41, 5.74) is 0.435. The second-order valence-corrected chi connectivity index (χ2v) is 6.95. The van der Waals surface area contributed by atoms with E-state index in [1.54, 1.807) is 6.07 Å². The van der Waals surface area contributed by atoms with Crippen LogP contribution in [0.5, 0.6) is 0 Å². The SMILES string of the molecule is CCC(CCO)CNS(=O)(=O)c1c[nH]c2nccc(Cl)c12. The summed E-state index contributed by atoms with van der Waals surface area (Å²) in [4.78, 5) is 6.95. The third kappa shape index (κ3) is 3.55. The van der Waals surface area contributed by atoms with Crippen LogP contribution in [0.1, 0.15) is 19.8 Å². The molecule has 1 atom stereocenters. The summed E-state index contributed by atoms with van der Waals surface area (Å²) in [5.74, 6) is 0.101. The number of halogens is 1. The van der Waals surface area contributed by atoms with Crippen LogP contribution in [0.15, 0.2) is 23.4 Å². The van der Waals surface area contributed by atoms with Crippen molar-refractivity contribution < 1.29 is 13.5 Å². The maximum atomic E-state index is 12.4. The van der Waals surface area contributed by atoms with Gasteiger partial charge in [0.25, 0.3) is 0 Å². The number of H-pyrrole nitrogens is 1. The van der Waals surface area contributed by atoms with Crippen molar-refractivity contribution in [2.45, 2.75) is 24.7 Å². The molecule has 0 saturated heterocycles. The number of aliphatic hydroxyl groups is 1. The van der Waals surface area contributed by atoms with Gasteiger partial charge in [0.2, 0.25) is 10.0 Å². The number of sulfonamides is 1. The number of fused-ring (bicyclic) bond motifs is 1. The molecule has 0 radical (unpaired) electrons. The van der Waals surface area contributed by atoms with Crippen LogP contribution in [0.3, 0.4) is 0 Å². The lowest BCUT2D eigenvalue weighted by Gasteiger charge is -2.14. The summed E-state index contributed by atoms with van der Waals surface area (Å²) in [6, 6.07) is 1.55. The van der Waals surface area contributed by atoms with Crippen molar-refractivity contribution in [3.63, 3.8) is 0 Å². The zero-order valence-corrected chi connectivity index (χ0v) is 13.2. The molecule has 0 spiro atoms. The molecule has 0 aliphatic carbocycles. The Balaban J connectivity index is 2.26. The molecule has 1 unspecified atom stereocenters. The van der Waals surface area contributed by atoms with Crippen LogP contribution in [0.2, 0.25) is 5.02 Å². The Morgan fingerprint density at radius 3 is 2.95 bits per heavy atom. The van der Waals surface area contributed by atoms with Gasteiger partial charge in [0.05, 0.1) is 10.4 Å². The summed E-state index contributed by atoms with van der Waals surface area (Å²) >= 11 is 6.06. The van der Waals surface area contributed by atoms with Crippen molar-refractivity contribution in [2.75, 3.05) is 13.2 Å². The van der Waals surface area contributed by atoms with Gasteiger partial charge in [-0.15, -0.1) is 0 Å². The van der Waals surface area contributed by atoms with Crippen LogP contribution in [0, 0.1) is 5.92 Å². The predicted molar refractivity (Wildman–Crippen MR) is 81.8 cm³/mol. The molecule has 0 bridgehead atoms. The highest BCUT2D eigenvalue weighted by atomic mass is 35.5. The average Bonchev–Trinajstić information content (AvgIpc) is 2.89. The van der Waals surface area contributed by atoms with E-state index in [-0.39, 0.29) is 24.0 Å². The van der Waals surface area contributed by atoms with Gasteiger partial charge in [0, 0.05) is 25.5 Å². The van der Waals surface area contributed by atoms with E-state index in [1.165, 1.54) is 12.4 Å². The monoisotopic (exact) mass is 331 g/mol. The fraction of sp³-hybridized carbons (Fsp3) is 0.462. The zero-order valence-electron chi connectivity index (χ0n) is 11.6. The van der Waals surface area contributed by atoms with Gasteiger partial charge in [0.1, 0.15) is 10.5 Å². The van der Waals surface area contributed by atoms with E-state index < -0.39 is 10.0 Å².